The predicted molar refractivity (Wildman–Crippen MR) is 75.9 cm³/mol. The normalized spacial score (nSPS) is 23.2. The minimum atomic E-state index is 0.321. The van der Waals surface area contributed by atoms with Crippen LogP contribution in [0.2, 0.25) is 0 Å². The van der Waals surface area contributed by atoms with Crippen LogP contribution in [-0.4, -0.2) is 51.8 Å². The molecule has 0 unspecified atom stereocenters. The van der Waals surface area contributed by atoms with E-state index in [1.807, 2.05) is 0 Å². The number of likely N-dealkylation sites (tertiary alicyclic amines) is 1. The van der Waals surface area contributed by atoms with Crippen molar-refractivity contribution in [2.24, 2.45) is 0 Å². The molecule has 0 aliphatic carbocycles. The number of rotatable bonds is 3. The standard InChI is InChI=1S/C14H19N5O2/c1-9-6-10(4-5-19(9)2)14-17-13(18-21-14)11-7-12(20-3)16-8-15-11/h7-10H,4-6H2,1-3H3/t9-,10-/m0/s1. The molecule has 2 aromatic rings. The second-order valence-electron chi connectivity index (χ2n) is 5.45. The monoisotopic (exact) mass is 289 g/mol. The van der Waals surface area contributed by atoms with Crippen LogP contribution in [0.15, 0.2) is 16.9 Å². The van der Waals surface area contributed by atoms with Gasteiger partial charge in [-0.05, 0) is 33.4 Å². The Kier molecular flexibility index (Phi) is 3.83. The Labute approximate surface area is 123 Å². The number of nitrogens with zero attached hydrogens (tertiary/aromatic N) is 5. The summed E-state index contributed by atoms with van der Waals surface area (Å²) in [6.07, 6.45) is 3.50. The van der Waals surface area contributed by atoms with Crippen molar-refractivity contribution in [1.29, 1.82) is 0 Å². The van der Waals surface area contributed by atoms with E-state index in [9.17, 15) is 0 Å². The van der Waals surface area contributed by atoms with Gasteiger partial charge in [-0.25, -0.2) is 9.97 Å². The molecule has 2 aromatic heterocycles. The minimum Gasteiger partial charge on any atom is -0.481 e. The van der Waals surface area contributed by atoms with Gasteiger partial charge in [0.1, 0.15) is 12.0 Å². The maximum atomic E-state index is 5.43. The largest absolute Gasteiger partial charge is 0.481 e. The molecule has 112 valence electrons. The van der Waals surface area contributed by atoms with E-state index >= 15 is 0 Å². The smallest absolute Gasteiger partial charge is 0.230 e. The third kappa shape index (κ3) is 2.87. The van der Waals surface area contributed by atoms with Crippen LogP contribution in [-0.2, 0) is 0 Å². The molecule has 7 nitrogen and oxygen atoms in total. The lowest BCUT2D eigenvalue weighted by Gasteiger charge is -2.33. The van der Waals surface area contributed by atoms with E-state index in [0.717, 1.165) is 19.4 Å². The van der Waals surface area contributed by atoms with Gasteiger partial charge in [-0.15, -0.1) is 0 Å². The van der Waals surface area contributed by atoms with Gasteiger partial charge in [-0.2, -0.15) is 4.98 Å². The fourth-order valence-electron chi connectivity index (χ4n) is 2.59. The molecule has 0 radical (unpaired) electrons. The summed E-state index contributed by atoms with van der Waals surface area (Å²) in [4.78, 5) is 15.0. The molecule has 7 heteroatoms. The van der Waals surface area contributed by atoms with E-state index in [0.29, 0.717) is 35.2 Å². The Morgan fingerprint density at radius 2 is 2.24 bits per heavy atom. The van der Waals surface area contributed by atoms with E-state index < -0.39 is 0 Å². The Morgan fingerprint density at radius 3 is 3.00 bits per heavy atom. The number of hydrogen-bond donors (Lipinski definition) is 0. The van der Waals surface area contributed by atoms with Gasteiger partial charge in [0.2, 0.25) is 17.6 Å². The van der Waals surface area contributed by atoms with Crippen LogP contribution in [0.4, 0.5) is 0 Å². The van der Waals surface area contributed by atoms with Gasteiger partial charge in [-0.1, -0.05) is 5.16 Å². The third-order valence-corrected chi connectivity index (χ3v) is 4.08. The van der Waals surface area contributed by atoms with E-state index in [1.165, 1.54) is 6.33 Å². The molecular weight excluding hydrogens is 270 g/mol. The zero-order valence-electron chi connectivity index (χ0n) is 12.5. The van der Waals surface area contributed by atoms with Gasteiger partial charge in [0.25, 0.3) is 0 Å². The van der Waals surface area contributed by atoms with E-state index in [1.54, 1.807) is 13.2 Å². The molecule has 0 amide bonds. The van der Waals surface area contributed by atoms with E-state index in [2.05, 4.69) is 39.0 Å². The molecule has 0 bridgehead atoms. The highest BCUT2D eigenvalue weighted by Crippen LogP contribution is 2.30. The highest BCUT2D eigenvalue weighted by atomic mass is 16.5. The topological polar surface area (TPSA) is 77.2 Å². The first-order valence-electron chi connectivity index (χ1n) is 7.07. The molecule has 1 aliphatic rings. The maximum Gasteiger partial charge on any atom is 0.230 e. The van der Waals surface area contributed by atoms with Crippen molar-refractivity contribution in [3.63, 3.8) is 0 Å². The first-order chi connectivity index (χ1) is 10.2. The lowest BCUT2D eigenvalue weighted by Crippen LogP contribution is -2.36. The van der Waals surface area contributed by atoms with Gasteiger partial charge < -0.3 is 14.2 Å². The third-order valence-electron chi connectivity index (χ3n) is 4.08. The van der Waals surface area contributed by atoms with Crippen LogP contribution in [0.1, 0.15) is 31.6 Å². The number of ether oxygens (including phenoxy) is 1. The zero-order chi connectivity index (χ0) is 14.8. The van der Waals surface area contributed by atoms with Crippen molar-refractivity contribution in [2.45, 2.75) is 31.7 Å². The predicted octanol–water partition coefficient (Wildman–Crippen LogP) is 1.73. The molecule has 3 rings (SSSR count). The van der Waals surface area contributed by atoms with Crippen LogP contribution in [0, 0.1) is 0 Å². The fraction of sp³-hybridized carbons (Fsp3) is 0.571. The van der Waals surface area contributed by atoms with Crippen molar-refractivity contribution in [2.75, 3.05) is 20.7 Å². The Balaban J connectivity index is 1.80. The van der Waals surface area contributed by atoms with Crippen molar-refractivity contribution in [3.05, 3.63) is 18.3 Å². The summed E-state index contributed by atoms with van der Waals surface area (Å²) >= 11 is 0. The molecule has 3 heterocycles. The molecule has 0 saturated carbocycles. The molecule has 0 N–H and O–H groups in total. The number of piperidine rings is 1. The van der Waals surface area contributed by atoms with Crippen molar-refractivity contribution < 1.29 is 9.26 Å². The van der Waals surface area contributed by atoms with Crippen LogP contribution >= 0.6 is 0 Å². The molecule has 0 aromatic carbocycles. The van der Waals surface area contributed by atoms with Crippen LogP contribution < -0.4 is 4.74 Å². The molecule has 1 aliphatic heterocycles. The van der Waals surface area contributed by atoms with Crippen LogP contribution in [0.5, 0.6) is 5.88 Å². The second-order valence-corrected chi connectivity index (χ2v) is 5.45. The Bertz CT molecular complexity index is 615. The molecule has 0 spiro atoms. The summed E-state index contributed by atoms with van der Waals surface area (Å²) in [6, 6.07) is 2.23. The van der Waals surface area contributed by atoms with Gasteiger partial charge in [0.05, 0.1) is 7.11 Å². The number of methoxy groups -OCH3 is 1. The average molecular weight is 289 g/mol. The first kappa shape index (κ1) is 13.9. The number of hydrogen-bond acceptors (Lipinski definition) is 7. The molecular formula is C14H19N5O2. The molecule has 21 heavy (non-hydrogen) atoms. The Morgan fingerprint density at radius 1 is 1.38 bits per heavy atom. The van der Waals surface area contributed by atoms with E-state index in [-0.39, 0.29) is 0 Å². The maximum absolute atomic E-state index is 5.43. The lowest BCUT2D eigenvalue weighted by molar-refractivity contribution is 0.166. The van der Waals surface area contributed by atoms with Crippen LogP contribution in [0.3, 0.4) is 0 Å². The number of aromatic nitrogens is 4. The van der Waals surface area contributed by atoms with Crippen LogP contribution in [0.25, 0.3) is 11.5 Å². The SMILES string of the molecule is COc1cc(-c2noc([C@H]3CCN(C)[C@@H](C)C3)n2)ncn1. The van der Waals surface area contributed by atoms with Gasteiger partial charge in [0, 0.05) is 18.0 Å². The van der Waals surface area contributed by atoms with Gasteiger partial charge in [-0.3, -0.25) is 0 Å². The fourth-order valence-corrected chi connectivity index (χ4v) is 2.59. The summed E-state index contributed by atoms with van der Waals surface area (Å²) in [5.41, 5.74) is 0.609. The molecule has 2 atom stereocenters. The zero-order valence-corrected chi connectivity index (χ0v) is 12.5. The van der Waals surface area contributed by atoms with Gasteiger partial charge >= 0.3 is 0 Å². The summed E-state index contributed by atoms with van der Waals surface area (Å²) in [6.45, 7) is 3.27. The van der Waals surface area contributed by atoms with Gasteiger partial charge in [0.15, 0.2) is 0 Å². The average Bonchev–Trinajstić information content (AvgIpc) is 3.00. The highest BCUT2D eigenvalue weighted by molar-refractivity contribution is 5.49. The summed E-state index contributed by atoms with van der Waals surface area (Å²) in [5.74, 6) is 1.99. The molecule has 1 fully saturated rings. The van der Waals surface area contributed by atoms with E-state index in [4.69, 9.17) is 9.26 Å². The first-order valence-corrected chi connectivity index (χ1v) is 7.07. The summed E-state index contributed by atoms with van der Waals surface area (Å²) < 4.78 is 10.5. The van der Waals surface area contributed by atoms with Crippen molar-refractivity contribution in [3.8, 4) is 17.4 Å². The lowest BCUT2D eigenvalue weighted by atomic mass is 9.92. The highest BCUT2D eigenvalue weighted by Gasteiger charge is 2.28. The minimum absolute atomic E-state index is 0.321. The summed E-state index contributed by atoms with van der Waals surface area (Å²) in [7, 11) is 3.71. The van der Waals surface area contributed by atoms with Crippen molar-refractivity contribution in [1.82, 2.24) is 25.0 Å². The second kappa shape index (κ2) is 5.77. The summed E-state index contributed by atoms with van der Waals surface area (Å²) in [5, 5.41) is 4.04. The molecule has 1 saturated heterocycles. The quantitative estimate of drug-likeness (QED) is 0.851. The Hall–Kier alpha value is -2.02. The van der Waals surface area contributed by atoms with Crippen molar-refractivity contribution >= 4 is 0 Å².